The molecule has 0 radical (unpaired) electrons. The molecule has 0 aliphatic heterocycles. The number of nitrogens with one attached hydrogen (secondary N) is 1. The number of halogens is 2. The van der Waals surface area contributed by atoms with Crippen LogP contribution in [-0.2, 0) is 0 Å². The van der Waals surface area contributed by atoms with Crippen LogP contribution in [0.25, 0.3) is 0 Å². The van der Waals surface area contributed by atoms with Crippen LogP contribution in [0.4, 0.5) is 5.69 Å². The maximum Gasteiger partial charge on any atom is 0.134 e. The van der Waals surface area contributed by atoms with Crippen molar-refractivity contribution in [2.24, 2.45) is 0 Å². The van der Waals surface area contributed by atoms with Crippen LogP contribution < -0.4 is 5.32 Å². The molecule has 0 unspecified atom stereocenters. The third-order valence-corrected chi connectivity index (χ3v) is 4.57. The second-order valence-electron chi connectivity index (χ2n) is 5.23. The van der Waals surface area contributed by atoms with Crippen molar-refractivity contribution in [3.05, 3.63) is 57.5 Å². The standard InChI is InChI=1S/C16H15BrClNO/c17-12-3-1-2-10(6-12)11-7-14(8-11)19-13-4-5-16(20)15(18)9-13/h1-6,9,11,14,19-20H,7-8H2. The Labute approximate surface area is 131 Å². The Kier molecular flexibility index (Phi) is 3.90. The summed E-state index contributed by atoms with van der Waals surface area (Å²) in [5, 5.41) is 13.2. The molecule has 0 bridgehead atoms. The van der Waals surface area contributed by atoms with Crippen LogP contribution in [0.3, 0.4) is 0 Å². The summed E-state index contributed by atoms with van der Waals surface area (Å²) in [5.41, 5.74) is 2.35. The first-order valence-electron chi connectivity index (χ1n) is 6.62. The van der Waals surface area contributed by atoms with Gasteiger partial charge in [0.15, 0.2) is 0 Å². The normalized spacial score (nSPS) is 21.3. The van der Waals surface area contributed by atoms with E-state index in [0.717, 1.165) is 23.0 Å². The van der Waals surface area contributed by atoms with Crippen molar-refractivity contribution < 1.29 is 5.11 Å². The Morgan fingerprint density at radius 2 is 1.95 bits per heavy atom. The molecule has 0 amide bonds. The minimum Gasteiger partial charge on any atom is -0.506 e. The molecule has 1 aliphatic carbocycles. The van der Waals surface area contributed by atoms with E-state index >= 15 is 0 Å². The minimum atomic E-state index is 0.123. The van der Waals surface area contributed by atoms with Gasteiger partial charge in [-0.25, -0.2) is 0 Å². The Hall–Kier alpha value is -1.19. The maximum atomic E-state index is 9.40. The molecule has 1 fully saturated rings. The number of phenolic OH excluding ortho intramolecular Hbond substituents is 1. The molecular weight excluding hydrogens is 338 g/mol. The molecule has 0 aromatic heterocycles. The Balaban J connectivity index is 1.59. The number of benzene rings is 2. The molecule has 2 nitrogen and oxygen atoms in total. The molecule has 4 heteroatoms. The molecule has 0 heterocycles. The predicted molar refractivity (Wildman–Crippen MR) is 86.6 cm³/mol. The molecule has 1 aliphatic rings. The molecule has 2 N–H and O–H groups in total. The van der Waals surface area contributed by atoms with Gasteiger partial charge in [0.1, 0.15) is 5.75 Å². The van der Waals surface area contributed by atoms with Crippen molar-refractivity contribution in [1.29, 1.82) is 0 Å². The van der Waals surface area contributed by atoms with Gasteiger partial charge in [-0.05, 0) is 54.7 Å². The smallest absolute Gasteiger partial charge is 0.134 e. The van der Waals surface area contributed by atoms with E-state index in [1.54, 1.807) is 12.1 Å². The first-order chi connectivity index (χ1) is 9.61. The van der Waals surface area contributed by atoms with Gasteiger partial charge in [-0.3, -0.25) is 0 Å². The van der Waals surface area contributed by atoms with Crippen LogP contribution in [0.1, 0.15) is 24.3 Å². The van der Waals surface area contributed by atoms with E-state index in [0.29, 0.717) is 17.0 Å². The third-order valence-electron chi connectivity index (χ3n) is 3.78. The van der Waals surface area contributed by atoms with Crippen molar-refractivity contribution >= 4 is 33.2 Å². The van der Waals surface area contributed by atoms with E-state index < -0.39 is 0 Å². The summed E-state index contributed by atoms with van der Waals surface area (Å²) in [6, 6.07) is 14.2. The zero-order valence-electron chi connectivity index (χ0n) is 10.8. The number of hydrogen-bond acceptors (Lipinski definition) is 2. The van der Waals surface area contributed by atoms with Gasteiger partial charge < -0.3 is 10.4 Å². The topological polar surface area (TPSA) is 32.3 Å². The van der Waals surface area contributed by atoms with Crippen LogP contribution in [0.15, 0.2) is 46.9 Å². The molecular formula is C16H15BrClNO. The summed E-state index contributed by atoms with van der Waals surface area (Å²) < 4.78 is 1.14. The zero-order chi connectivity index (χ0) is 14.1. The minimum absolute atomic E-state index is 0.123. The molecule has 2 aromatic carbocycles. The Bertz CT molecular complexity index is 626. The fourth-order valence-electron chi connectivity index (χ4n) is 2.60. The van der Waals surface area contributed by atoms with E-state index in [1.807, 2.05) is 6.07 Å². The van der Waals surface area contributed by atoms with Gasteiger partial charge in [-0.2, -0.15) is 0 Å². The highest BCUT2D eigenvalue weighted by molar-refractivity contribution is 9.10. The van der Waals surface area contributed by atoms with Gasteiger partial charge in [-0.1, -0.05) is 39.7 Å². The van der Waals surface area contributed by atoms with Gasteiger partial charge in [0.25, 0.3) is 0 Å². The third kappa shape index (κ3) is 2.94. The number of hydrogen-bond donors (Lipinski definition) is 2. The van der Waals surface area contributed by atoms with E-state index in [4.69, 9.17) is 11.6 Å². The number of rotatable bonds is 3. The highest BCUT2D eigenvalue weighted by Crippen LogP contribution is 2.39. The largest absolute Gasteiger partial charge is 0.506 e. The second kappa shape index (κ2) is 5.66. The maximum absolute atomic E-state index is 9.40. The monoisotopic (exact) mass is 351 g/mol. The first-order valence-corrected chi connectivity index (χ1v) is 7.79. The zero-order valence-corrected chi connectivity index (χ0v) is 13.2. The number of phenols is 1. The molecule has 20 heavy (non-hydrogen) atoms. The van der Waals surface area contributed by atoms with Crippen LogP contribution >= 0.6 is 27.5 Å². The van der Waals surface area contributed by atoms with E-state index in [-0.39, 0.29) is 5.75 Å². The summed E-state index contributed by atoms with van der Waals surface area (Å²) >= 11 is 9.42. The number of anilines is 1. The van der Waals surface area contributed by atoms with Crippen molar-refractivity contribution in [3.8, 4) is 5.75 Å². The lowest BCUT2D eigenvalue weighted by Crippen LogP contribution is -2.33. The van der Waals surface area contributed by atoms with Crippen molar-refractivity contribution in [2.45, 2.75) is 24.8 Å². The second-order valence-corrected chi connectivity index (χ2v) is 6.55. The van der Waals surface area contributed by atoms with Crippen LogP contribution in [0.2, 0.25) is 5.02 Å². The molecule has 0 saturated heterocycles. The van der Waals surface area contributed by atoms with Crippen LogP contribution in [-0.4, -0.2) is 11.1 Å². The predicted octanol–water partition coefficient (Wildman–Crippen LogP) is 5.17. The molecule has 104 valence electrons. The highest BCUT2D eigenvalue weighted by Gasteiger charge is 2.30. The van der Waals surface area contributed by atoms with Crippen molar-refractivity contribution in [2.75, 3.05) is 5.32 Å². The quantitative estimate of drug-likeness (QED) is 0.747. The summed E-state index contributed by atoms with van der Waals surface area (Å²) in [4.78, 5) is 0. The fourth-order valence-corrected chi connectivity index (χ4v) is 3.20. The summed E-state index contributed by atoms with van der Waals surface area (Å²) in [6.45, 7) is 0. The SMILES string of the molecule is Oc1ccc(NC2CC(c3cccc(Br)c3)C2)cc1Cl. The fraction of sp³-hybridized carbons (Fsp3) is 0.250. The summed E-state index contributed by atoms with van der Waals surface area (Å²) in [6.07, 6.45) is 2.24. The van der Waals surface area contributed by atoms with Gasteiger partial charge in [0.2, 0.25) is 0 Å². The van der Waals surface area contributed by atoms with Crippen LogP contribution in [0, 0.1) is 0 Å². The summed E-state index contributed by atoms with van der Waals surface area (Å²) in [5.74, 6) is 0.746. The van der Waals surface area contributed by atoms with Gasteiger partial charge in [0.05, 0.1) is 5.02 Å². The molecule has 2 aromatic rings. The first kappa shape index (κ1) is 13.8. The Morgan fingerprint density at radius 3 is 2.65 bits per heavy atom. The van der Waals surface area contributed by atoms with Gasteiger partial charge in [-0.15, -0.1) is 0 Å². The van der Waals surface area contributed by atoms with E-state index in [1.165, 1.54) is 5.56 Å². The average Bonchev–Trinajstić information content (AvgIpc) is 2.37. The van der Waals surface area contributed by atoms with Gasteiger partial charge in [0, 0.05) is 16.2 Å². The number of aromatic hydroxyl groups is 1. The average molecular weight is 353 g/mol. The van der Waals surface area contributed by atoms with Crippen molar-refractivity contribution in [3.63, 3.8) is 0 Å². The lowest BCUT2D eigenvalue weighted by atomic mass is 9.76. The summed E-state index contributed by atoms with van der Waals surface area (Å²) in [7, 11) is 0. The van der Waals surface area contributed by atoms with E-state index in [2.05, 4.69) is 45.5 Å². The molecule has 0 spiro atoms. The molecule has 0 atom stereocenters. The van der Waals surface area contributed by atoms with Crippen molar-refractivity contribution in [1.82, 2.24) is 0 Å². The highest BCUT2D eigenvalue weighted by atomic mass is 79.9. The van der Waals surface area contributed by atoms with Gasteiger partial charge >= 0.3 is 0 Å². The van der Waals surface area contributed by atoms with E-state index in [9.17, 15) is 5.11 Å². The Morgan fingerprint density at radius 1 is 1.15 bits per heavy atom. The van der Waals surface area contributed by atoms with Crippen LogP contribution in [0.5, 0.6) is 5.75 Å². The lowest BCUT2D eigenvalue weighted by molar-refractivity contribution is 0.374. The lowest BCUT2D eigenvalue weighted by Gasteiger charge is -2.37. The molecule has 1 saturated carbocycles. The molecule has 3 rings (SSSR count).